The van der Waals surface area contributed by atoms with Crippen LogP contribution < -0.4 is 0 Å². The Balaban J connectivity index is 3.17. The molecule has 13 heteroatoms. The summed E-state index contributed by atoms with van der Waals surface area (Å²) in [5.74, 6) is -26.3. The lowest BCUT2D eigenvalue weighted by molar-refractivity contribution is -0.350. The van der Waals surface area contributed by atoms with Crippen molar-refractivity contribution < 1.29 is 58.9 Å². The van der Waals surface area contributed by atoms with Crippen LogP contribution in [0.1, 0.15) is 32.1 Å². The first kappa shape index (κ1) is 22.4. The highest BCUT2D eigenvalue weighted by Gasteiger charge is 2.77. The summed E-state index contributed by atoms with van der Waals surface area (Å²) < 4.78 is 119. The van der Waals surface area contributed by atoms with Gasteiger partial charge in [-0.2, -0.15) is 39.5 Å². The Kier molecular flexibility index (Phi) is 6.14. The van der Waals surface area contributed by atoms with Crippen LogP contribution in [-0.2, 0) is 14.3 Å². The van der Waals surface area contributed by atoms with E-state index >= 15 is 0 Å². The van der Waals surface area contributed by atoms with E-state index in [2.05, 4.69) is 4.74 Å². The van der Waals surface area contributed by atoms with Crippen molar-refractivity contribution in [2.75, 3.05) is 0 Å². The van der Waals surface area contributed by atoms with E-state index in [1.165, 1.54) is 0 Å². The fourth-order valence-corrected chi connectivity index (χ4v) is 2.52. The number of carbonyl (C=O) groups is 2. The first-order valence-corrected chi connectivity index (χ1v) is 7.21. The molecule has 0 spiro atoms. The molecule has 1 atom stereocenters. The van der Waals surface area contributed by atoms with Gasteiger partial charge < -0.3 is 9.84 Å². The predicted octanol–water partition coefficient (Wildman–Crippen LogP) is 4.03. The van der Waals surface area contributed by atoms with Crippen molar-refractivity contribution >= 4 is 11.9 Å². The summed E-state index contributed by atoms with van der Waals surface area (Å²) in [5.41, 5.74) is 0. The molecule has 0 saturated heterocycles. The number of carboxylic acid groups (broad SMARTS) is 1. The molecular weight excluding hydrogens is 391 g/mol. The van der Waals surface area contributed by atoms with Gasteiger partial charge in [0.05, 0.1) is 0 Å². The minimum atomic E-state index is -6.90. The van der Waals surface area contributed by atoms with Gasteiger partial charge in [0.15, 0.2) is 6.10 Å². The van der Waals surface area contributed by atoms with Crippen molar-refractivity contribution in [2.45, 2.75) is 62.2 Å². The standard InChI is InChI=1S/C13H13F9O4/c14-10(15,8(23)24)7(6-4-2-1-3-5-6)26-9(25)11(16,17)12(18,19)13(20,21)22/h6-7H,1-5H2,(H,23,24). The van der Waals surface area contributed by atoms with Crippen LogP contribution in [0.25, 0.3) is 0 Å². The number of esters is 1. The molecule has 0 heterocycles. The maximum atomic E-state index is 13.7. The second-order valence-electron chi connectivity index (χ2n) is 5.80. The summed E-state index contributed by atoms with van der Waals surface area (Å²) in [7, 11) is 0. The molecule has 0 aromatic carbocycles. The first-order chi connectivity index (χ1) is 11.6. The summed E-state index contributed by atoms with van der Waals surface area (Å²) in [6.45, 7) is 0. The van der Waals surface area contributed by atoms with E-state index in [0.717, 1.165) is 0 Å². The highest BCUT2D eigenvalue weighted by Crippen LogP contribution is 2.48. The fourth-order valence-electron chi connectivity index (χ4n) is 2.52. The second kappa shape index (κ2) is 7.14. The maximum Gasteiger partial charge on any atom is 0.460 e. The summed E-state index contributed by atoms with van der Waals surface area (Å²) in [5, 5.41) is 8.49. The van der Waals surface area contributed by atoms with Crippen LogP contribution in [0.15, 0.2) is 0 Å². The molecule has 1 unspecified atom stereocenters. The SMILES string of the molecule is O=C(O)C(F)(F)C(OC(=O)C(F)(F)C(F)(F)C(F)(F)F)C1CCCCC1. The molecule has 1 fully saturated rings. The number of rotatable bonds is 6. The van der Waals surface area contributed by atoms with E-state index in [9.17, 15) is 49.1 Å². The van der Waals surface area contributed by atoms with Gasteiger partial charge in [0.25, 0.3) is 0 Å². The van der Waals surface area contributed by atoms with Crippen molar-refractivity contribution in [2.24, 2.45) is 5.92 Å². The molecule has 1 rings (SSSR count). The third-order valence-corrected chi connectivity index (χ3v) is 3.96. The average molecular weight is 404 g/mol. The Morgan fingerprint density at radius 2 is 1.35 bits per heavy atom. The highest BCUT2D eigenvalue weighted by atomic mass is 19.4. The van der Waals surface area contributed by atoms with Crippen LogP contribution in [0.3, 0.4) is 0 Å². The number of aliphatic carboxylic acids is 1. The molecular formula is C13H13F9O4. The minimum Gasteiger partial charge on any atom is -0.477 e. The molecule has 1 N–H and O–H groups in total. The minimum absolute atomic E-state index is 0.206. The molecule has 1 aliphatic rings. The van der Waals surface area contributed by atoms with Gasteiger partial charge in [-0.1, -0.05) is 19.3 Å². The van der Waals surface area contributed by atoms with Gasteiger partial charge >= 0.3 is 35.9 Å². The lowest BCUT2D eigenvalue weighted by Crippen LogP contribution is -2.59. The van der Waals surface area contributed by atoms with Gasteiger partial charge in [0, 0.05) is 5.92 Å². The topological polar surface area (TPSA) is 63.6 Å². The van der Waals surface area contributed by atoms with E-state index in [0.29, 0.717) is 6.42 Å². The molecule has 1 aliphatic carbocycles. The molecule has 0 amide bonds. The van der Waals surface area contributed by atoms with Crippen LogP contribution in [0.5, 0.6) is 0 Å². The lowest BCUT2D eigenvalue weighted by Gasteiger charge is -2.34. The summed E-state index contributed by atoms with van der Waals surface area (Å²) >= 11 is 0. The zero-order valence-electron chi connectivity index (χ0n) is 12.8. The van der Waals surface area contributed by atoms with Crippen LogP contribution in [0.2, 0.25) is 0 Å². The number of ether oxygens (including phenoxy) is 1. The molecule has 152 valence electrons. The van der Waals surface area contributed by atoms with E-state index < -0.39 is 47.9 Å². The summed E-state index contributed by atoms with van der Waals surface area (Å²) in [6.07, 6.45) is -9.43. The lowest BCUT2D eigenvalue weighted by atomic mass is 9.83. The van der Waals surface area contributed by atoms with Crippen molar-refractivity contribution in [1.82, 2.24) is 0 Å². The number of halogens is 9. The smallest absolute Gasteiger partial charge is 0.460 e. The third-order valence-electron chi connectivity index (χ3n) is 3.96. The molecule has 26 heavy (non-hydrogen) atoms. The third kappa shape index (κ3) is 4.00. The maximum absolute atomic E-state index is 13.7. The van der Waals surface area contributed by atoms with Gasteiger partial charge in [-0.3, -0.25) is 0 Å². The molecule has 1 saturated carbocycles. The van der Waals surface area contributed by atoms with Gasteiger partial charge in [-0.25, -0.2) is 9.59 Å². The molecule has 0 aromatic heterocycles. The number of hydrogen-bond donors (Lipinski definition) is 1. The Bertz CT molecular complexity index is 538. The Morgan fingerprint density at radius 3 is 1.73 bits per heavy atom. The zero-order valence-corrected chi connectivity index (χ0v) is 12.8. The fraction of sp³-hybridized carbons (Fsp3) is 0.846. The largest absolute Gasteiger partial charge is 0.477 e. The van der Waals surface area contributed by atoms with Crippen molar-refractivity contribution in [1.29, 1.82) is 0 Å². The quantitative estimate of drug-likeness (QED) is 0.537. The monoisotopic (exact) mass is 404 g/mol. The van der Waals surface area contributed by atoms with E-state index in [1.54, 1.807) is 0 Å². The van der Waals surface area contributed by atoms with Crippen molar-refractivity contribution in [3.8, 4) is 0 Å². The van der Waals surface area contributed by atoms with E-state index in [4.69, 9.17) is 5.11 Å². The van der Waals surface area contributed by atoms with Gasteiger partial charge in [0.2, 0.25) is 0 Å². The average Bonchev–Trinajstić information content (AvgIpc) is 2.51. The van der Waals surface area contributed by atoms with Crippen molar-refractivity contribution in [3.05, 3.63) is 0 Å². The molecule has 0 aliphatic heterocycles. The van der Waals surface area contributed by atoms with Crippen molar-refractivity contribution in [3.63, 3.8) is 0 Å². The normalized spacial score (nSPS) is 19.1. The molecule has 4 nitrogen and oxygen atoms in total. The highest BCUT2D eigenvalue weighted by molar-refractivity contribution is 5.81. The van der Waals surface area contributed by atoms with Crippen LogP contribution in [0.4, 0.5) is 39.5 Å². The van der Waals surface area contributed by atoms with Gasteiger partial charge in [0.1, 0.15) is 0 Å². The van der Waals surface area contributed by atoms with Gasteiger partial charge in [-0.15, -0.1) is 0 Å². The Hall–Kier alpha value is -1.69. The van der Waals surface area contributed by atoms with Gasteiger partial charge in [-0.05, 0) is 12.8 Å². The number of carbonyl (C=O) groups excluding carboxylic acids is 1. The summed E-state index contributed by atoms with van der Waals surface area (Å²) in [4.78, 5) is 21.8. The second-order valence-corrected chi connectivity index (χ2v) is 5.80. The Labute approximate surface area is 140 Å². The Morgan fingerprint density at radius 1 is 0.885 bits per heavy atom. The first-order valence-electron chi connectivity index (χ1n) is 7.21. The molecule has 0 bridgehead atoms. The summed E-state index contributed by atoms with van der Waals surface area (Å²) in [6, 6.07) is 0. The molecule has 0 aromatic rings. The van der Waals surface area contributed by atoms with Crippen LogP contribution >= 0.6 is 0 Å². The number of carboxylic acids is 1. The van der Waals surface area contributed by atoms with Crippen LogP contribution in [0, 0.1) is 5.92 Å². The van der Waals surface area contributed by atoms with E-state index in [1.807, 2.05) is 0 Å². The molecule has 0 radical (unpaired) electrons. The van der Waals surface area contributed by atoms with E-state index in [-0.39, 0.29) is 25.7 Å². The zero-order chi connectivity index (χ0) is 20.6. The number of alkyl halides is 9. The predicted molar refractivity (Wildman–Crippen MR) is 65.0 cm³/mol. The van der Waals surface area contributed by atoms with Crippen LogP contribution in [-0.4, -0.2) is 47.1 Å². The number of hydrogen-bond acceptors (Lipinski definition) is 3.